The second-order valence-corrected chi connectivity index (χ2v) is 8.08. The van der Waals surface area contributed by atoms with E-state index in [1.54, 1.807) is 29.6 Å². The highest BCUT2D eigenvalue weighted by atomic mass is 19.4. The predicted molar refractivity (Wildman–Crippen MR) is 141 cm³/mol. The third-order valence-corrected chi connectivity index (χ3v) is 5.18. The molecule has 0 bridgehead atoms. The lowest BCUT2D eigenvalue weighted by Crippen LogP contribution is -2.29. The standard InChI is InChI=1S/C21H20F3NO3.C7H17N/c1-4-13(2)12-18(28-3)17-7-5-6-16(19(17)26)14-8-10-15(11-9-14)25-20(27)21(22,23)24;1-3-5-7-8-6-4-2/h4-12,26H,1-3H3,(H,25,27);8H,3-7H2,1-2H3/b13-4-,18-12-;. The number of unbranched alkanes of at least 4 members (excludes halogenated alkanes) is 1. The maximum Gasteiger partial charge on any atom is 0.471 e. The molecule has 198 valence electrons. The number of carbonyl (C=O) groups is 1. The molecule has 0 atom stereocenters. The molecule has 2 aromatic rings. The second-order valence-electron chi connectivity index (χ2n) is 8.08. The van der Waals surface area contributed by atoms with Gasteiger partial charge in [-0.1, -0.05) is 56.2 Å². The van der Waals surface area contributed by atoms with E-state index in [1.807, 2.05) is 19.9 Å². The van der Waals surface area contributed by atoms with Crippen molar-refractivity contribution < 1.29 is 27.8 Å². The number of phenols is 1. The molecule has 2 aromatic carbocycles. The van der Waals surface area contributed by atoms with Crippen LogP contribution in [0.25, 0.3) is 16.9 Å². The number of alkyl halides is 3. The second kappa shape index (κ2) is 15.7. The number of aromatic hydroxyl groups is 1. The largest absolute Gasteiger partial charge is 0.507 e. The number of rotatable bonds is 10. The molecular formula is C28H37F3N2O3. The van der Waals surface area contributed by atoms with Gasteiger partial charge in [-0.2, -0.15) is 13.2 Å². The van der Waals surface area contributed by atoms with Gasteiger partial charge in [0.15, 0.2) is 0 Å². The number of allylic oxidation sites excluding steroid dienone is 3. The van der Waals surface area contributed by atoms with Crippen molar-refractivity contribution in [1.82, 2.24) is 5.32 Å². The van der Waals surface area contributed by atoms with E-state index < -0.39 is 12.1 Å². The van der Waals surface area contributed by atoms with Crippen LogP contribution in [0.4, 0.5) is 18.9 Å². The van der Waals surface area contributed by atoms with Crippen molar-refractivity contribution in [3.8, 4) is 16.9 Å². The zero-order valence-electron chi connectivity index (χ0n) is 21.6. The van der Waals surface area contributed by atoms with E-state index in [-0.39, 0.29) is 11.4 Å². The Morgan fingerprint density at radius 3 is 2.25 bits per heavy atom. The Labute approximate surface area is 212 Å². The number of hydrogen-bond acceptors (Lipinski definition) is 4. The molecule has 2 rings (SSSR count). The van der Waals surface area contributed by atoms with Crippen molar-refractivity contribution >= 4 is 17.4 Å². The Balaban J connectivity index is 0.000000697. The Hall–Kier alpha value is -3.26. The number of amides is 1. The van der Waals surface area contributed by atoms with Crippen molar-refractivity contribution in [3.63, 3.8) is 0 Å². The first-order valence-electron chi connectivity index (χ1n) is 12.0. The maximum absolute atomic E-state index is 12.3. The summed E-state index contributed by atoms with van der Waals surface area (Å²) >= 11 is 0. The molecule has 0 saturated carbocycles. The first kappa shape index (κ1) is 30.8. The van der Waals surface area contributed by atoms with Gasteiger partial charge in [0.1, 0.15) is 11.5 Å². The molecule has 0 aromatic heterocycles. The summed E-state index contributed by atoms with van der Waals surface area (Å²) in [6.45, 7) is 10.6. The zero-order chi connectivity index (χ0) is 27.1. The molecule has 0 aliphatic heterocycles. The average Bonchev–Trinajstić information content (AvgIpc) is 2.86. The van der Waals surface area contributed by atoms with Gasteiger partial charge in [0, 0.05) is 11.3 Å². The highest BCUT2D eigenvalue weighted by Crippen LogP contribution is 2.36. The van der Waals surface area contributed by atoms with Crippen LogP contribution in [0.1, 0.15) is 52.5 Å². The van der Waals surface area contributed by atoms with Crippen LogP contribution in [0.3, 0.4) is 0 Å². The van der Waals surface area contributed by atoms with E-state index in [0.29, 0.717) is 22.4 Å². The lowest BCUT2D eigenvalue weighted by molar-refractivity contribution is -0.167. The van der Waals surface area contributed by atoms with Crippen LogP contribution in [0.15, 0.2) is 60.2 Å². The lowest BCUT2D eigenvalue weighted by atomic mass is 9.99. The predicted octanol–water partition coefficient (Wildman–Crippen LogP) is 7.30. The Morgan fingerprint density at radius 2 is 1.72 bits per heavy atom. The summed E-state index contributed by atoms with van der Waals surface area (Å²) in [6, 6.07) is 10.8. The molecule has 5 nitrogen and oxygen atoms in total. The third-order valence-electron chi connectivity index (χ3n) is 5.18. The zero-order valence-corrected chi connectivity index (χ0v) is 21.6. The molecule has 0 saturated heterocycles. The number of hydrogen-bond donors (Lipinski definition) is 3. The molecule has 0 radical (unpaired) electrons. The minimum atomic E-state index is -4.96. The smallest absolute Gasteiger partial charge is 0.471 e. The fourth-order valence-electron chi connectivity index (χ4n) is 3.05. The number of phenolic OH excluding ortho intramolecular Hbond substituents is 1. The van der Waals surface area contributed by atoms with Crippen LogP contribution in [-0.4, -0.2) is 37.4 Å². The monoisotopic (exact) mass is 506 g/mol. The van der Waals surface area contributed by atoms with Gasteiger partial charge in [-0.25, -0.2) is 0 Å². The quantitative estimate of drug-likeness (QED) is 0.180. The summed E-state index contributed by atoms with van der Waals surface area (Å²) in [5.41, 5.74) is 2.49. The van der Waals surface area contributed by atoms with E-state index in [1.165, 1.54) is 63.7 Å². The number of nitrogens with one attached hydrogen (secondary N) is 2. The van der Waals surface area contributed by atoms with Gasteiger partial charge in [0.2, 0.25) is 0 Å². The van der Waals surface area contributed by atoms with Crippen molar-refractivity contribution in [2.75, 3.05) is 25.5 Å². The van der Waals surface area contributed by atoms with Crippen LogP contribution in [-0.2, 0) is 9.53 Å². The minimum absolute atomic E-state index is 0.00269. The van der Waals surface area contributed by atoms with E-state index in [4.69, 9.17) is 4.74 Å². The molecule has 0 aliphatic rings. The molecule has 3 N–H and O–H groups in total. The summed E-state index contributed by atoms with van der Waals surface area (Å²) < 4.78 is 42.4. The maximum atomic E-state index is 12.3. The molecule has 0 spiro atoms. The Morgan fingerprint density at radius 1 is 1.06 bits per heavy atom. The van der Waals surface area contributed by atoms with Gasteiger partial charge in [0.25, 0.3) is 0 Å². The number of methoxy groups -OCH3 is 1. The van der Waals surface area contributed by atoms with Gasteiger partial charge >= 0.3 is 12.1 Å². The lowest BCUT2D eigenvalue weighted by Gasteiger charge is -2.13. The first-order chi connectivity index (χ1) is 17.1. The van der Waals surface area contributed by atoms with Gasteiger partial charge in [-0.3, -0.25) is 4.79 Å². The van der Waals surface area contributed by atoms with Crippen LogP contribution in [0, 0.1) is 0 Å². The van der Waals surface area contributed by atoms with Gasteiger partial charge in [-0.15, -0.1) is 0 Å². The SMILES string of the molecule is C/C=C(C)\C=C(/OC)c1cccc(-c2ccc(NC(=O)C(F)(F)F)cc2)c1O.CCCCNCCC. The number of carbonyl (C=O) groups excluding carboxylic acids is 1. The van der Waals surface area contributed by atoms with Gasteiger partial charge in [0.05, 0.1) is 12.7 Å². The van der Waals surface area contributed by atoms with E-state index in [0.717, 1.165) is 5.57 Å². The van der Waals surface area contributed by atoms with Crippen LogP contribution in [0.2, 0.25) is 0 Å². The molecule has 0 unspecified atom stereocenters. The molecule has 36 heavy (non-hydrogen) atoms. The average molecular weight is 507 g/mol. The summed E-state index contributed by atoms with van der Waals surface area (Å²) in [5.74, 6) is -1.59. The normalized spacial score (nSPS) is 12.0. The van der Waals surface area contributed by atoms with Gasteiger partial charge in [-0.05, 0) is 69.6 Å². The summed E-state index contributed by atoms with van der Waals surface area (Å²) in [4.78, 5) is 11.0. The molecule has 0 heterocycles. The molecule has 0 fully saturated rings. The number of para-hydroxylation sites is 1. The number of anilines is 1. The van der Waals surface area contributed by atoms with Crippen LogP contribution in [0.5, 0.6) is 5.75 Å². The molecule has 0 aliphatic carbocycles. The first-order valence-corrected chi connectivity index (χ1v) is 12.0. The number of benzene rings is 2. The topological polar surface area (TPSA) is 70.6 Å². The van der Waals surface area contributed by atoms with E-state index in [2.05, 4.69) is 19.2 Å². The molecule has 8 heteroatoms. The highest BCUT2D eigenvalue weighted by Gasteiger charge is 2.38. The Bertz CT molecular complexity index is 1010. The van der Waals surface area contributed by atoms with Crippen LogP contribution >= 0.6 is 0 Å². The fourth-order valence-corrected chi connectivity index (χ4v) is 3.05. The summed E-state index contributed by atoms with van der Waals surface area (Å²) in [5, 5.41) is 15.8. The summed E-state index contributed by atoms with van der Waals surface area (Å²) in [7, 11) is 1.50. The minimum Gasteiger partial charge on any atom is -0.507 e. The van der Waals surface area contributed by atoms with Crippen molar-refractivity contribution in [2.24, 2.45) is 0 Å². The number of halogens is 3. The van der Waals surface area contributed by atoms with E-state index >= 15 is 0 Å². The number of ether oxygens (including phenoxy) is 1. The summed E-state index contributed by atoms with van der Waals surface area (Å²) in [6.07, 6.45) is 2.60. The molecular weight excluding hydrogens is 469 g/mol. The highest BCUT2D eigenvalue weighted by molar-refractivity contribution is 5.95. The van der Waals surface area contributed by atoms with Gasteiger partial charge < -0.3 is 20.5 Å². The Kier molecular flexibility index (Phi) is 13.4. The van der Waals surface area contributed by atoms with E-state index in [9.17, 15) is 23.1 Å². The third kappa shape index (κ3) is 10.2. The fraction of sp³-hybridized carbons (Fsp3) is 0.393. The molecule has 1 amide bonds. The van der Waals surface area contributed by atoms with Crippen LogP contribution < -0.4 is 10.6 Å². The van der Waals surface area contributed by atoms with Crippen molar-refractivity contribution in [2.45, 2.75) is 53.1 Å². The van der Waals surface area contributed by atoms with Crippen molar-refractivity contribution in [1.29, 1.82) is 0 Å². The van der Waals surface area contributed by atoms with Crippen molar-refractivity contribution in [3.05, 3.63) is 65.8 Å².